The third-order valence-corrected chi connectivity index (χ3v) is 10.3. The molecule has 0 N–H and O–H groups in total. The average molecular weight is 502 g/mol. The number of carbonyl (C=O) groups excluding carboxylic acids is 2. The minimum Gasteiger partial charge on any atom is -0.274 e. The van der Waals surface area contributed by atoms with E-state index in [-0.39, 0.29) is 16.0 Å². The molecule has 1 saturated heterocycles. The fourth-order valence-electron chi connectivity index (χ4n) is 4.46. The largest absolute Gasteiger partial charge is 0.274 e. The van der Waals surface area contributed by atoms with Crippen molar-refractivity contribution in [3.8, 4) is 0 Å². The van der Waals surface area contributed by atoms with Crippen LogP contribution in [-0.2, 0) is 9.59 Å². The second kappa shape index (κ2) is 6.18. The highest BCUT2D eigenvalue weighted by Gasteiger charge is 2.87. The molecule has 0 unspecified atom stereocenters. The van der Waals surface area contributed by atoms with Gasteiger partial charge < -0.3 is 0 Å². The summed E-state index contributed by atoms with van der Waals surface area (Å²) in [5, 5.41) is -0.180. The monoisotopic (exact) mass is 499 g/mol. The standard InChI is InChI=1S/C19H15Cl6NO2/c1-7(2)9-5-4-8(3)10(6-9)26-15(27)11-12(16(26)28)18(23)14(21)13(20)17(11,22)19(18,24)25/h4-7,11-12H,1-3H3/t11-,12+,17-,18-/m0/s1. The number of benzene rings is 1. The van der Waals surface area contributed by atoms with Gasteiger partial charge in [0.15, 0.2) is 4.33 Å². The number of carbonyl (C=O) groups is 2. The molecular weight excluding hydrogens is 487 g/mol. The van der Waals surface area contributed by atoms with Gasteiger partial charge in [-0.1, -0.05) is 72.4 Å². The second-order valence-corrected chi connectivity index (χ2v) is 11.1. The number of allylic oxidation sites excluding steroid dienone is 2. The maximum absolute atomic E-state index is 13.4. The minimum atomic E-state index is -1.92. The van der Waals surface area contributed by atoms with Crippen LogP contribution in [0.4, 0.5) is 5.69 Å². The van der Waals surface area contributed by atoms with Gasteiger partial charge in [-0.25, -0.2) is 4.90 Å². The SMILES string of the molecule is Cc1ccc(C(C)C)cc1N1C(=O)[C@@H]2[C@H](C1=O)[C@]1(Cl)C(Cl)=C(Cl)[C@]2(Cl)C1(Cl)Cl. The van der Waals surface area contributed by atoms with E-state index in [2.05, 4.69) is 0 Å². The summed E-state index contributed by atoms with van der Waals surface area (Å²) in [6, 6.07) is 5.65. The molecule has 1 aromatic rings. The van der Waals surface area contributed by atoms with Crippen molar-refractivity contribution in [2.75, 3.05) is 4.90 Å². The van der Waals surface area contributed by atoms with Gasteiger partial charge in [-0.15, -0.1) is 23.2 Å². The molecule has 1 aromatic carbocycles. The van der Waals surface area contributed by atoms with Gasteiger partial charge in [-0.05, 0) is 30.0 Å². The number of fused-ring (bicyclic) bond motifs is 5. The van der Waals surface area contributed by atoms with Gasteiger partial charge in [0.2, 0.25) is 11.8 Å². The fraction of sp³-hybridized carbons (Fsp3) is 0.474. The molecule has 2 fully saturated rings. The molecule has 3 nitrogen and oxygen atoms in total. The van der Waals surface area contributed by atoms with E-state index < -0.39 is 37.7 Å². The molecule has 28 heavy (non-hydrogen) atoms. The normalized spacial score (nSPS) is 36.1. The molecule has 150 valence electrons. The van der Waals surface area contributed by atoms with Crippen molar-refractivity contribution in [2.24, 2.45) is 11.8 Å². The van der Waals surface area contributed by atoms with Crippen molar-refractivity contribution in [1.29, 1.82) is 0 Å². The first-order valence-corrected chi connectivity index (χ1v) is 10.9. The lowest BCUT2D eigenvalue weighted by atomic mass is 9.84. The van der Waals surface area contributed by atoms with Gasteiger partial charge in [0.05, 0.1) is 27.6 Å². The topological polar surface area (TPSA) is 37.4 Å². The smallest absolute Gasteiger partial charge is 0.240 e. The first-order chi connectivity index (χ1) is 12.8. The molecule has 9 heteroatoms. The molecule has 4 atom stereocenters. The van der Waals surface area contributed by atoms with Crippen LogP contribution in [0.15, 0.2) is 28.3 Å². The maximum Gasteiger partial charge on any atom is 0.240 e. The fourth-order valence-corrected chi connectivity index (χ4v) is 7.39. The summed E-state index contributed by atoms with van der Waals surface area (Å²) in [5.41, 5.74) is 2.23. The van der Waals surface area contributed by atoms with Crippen molar-refractivity contribution in [1.82, 2.24) is 0 Å². The number of amides is 2. The Labute approximate surface area is 192 Å². The summed E-state index contributed by atoms with van der Waals surface area (Å²) in [6.07, 6.45) is 0. The predicted octanol–water partition coefficient (Wildman–Crippen LogP) is 6.07. The molecule has 2 bridgehead atoms. The summed E-state index contributed by atoms with van der Waals surface area (Å²) in [6.45, 7) is 5.87. The summed E-state index contributed by atoms with van der Waals surface area (Å²) < 4.78 is -1.92. The zero-order valence-electron chi connectivity index (χ0n) is 15.0. The summed E-state index contributed by atoms with van der Waals surface area (Å²) in [4.78, 5) is 24.4. The highest BCUT2D eigenvalue weighted by molar-refractivity contribution is 6.67. The number of hydrogen-bond donors (Lipinski definition) is 0. The lowest BCUT2D eigenvalue weighted by molar-refractivity contribution is -0.123. The lowest BCUT2D eigenvalue weighted by Gasteiger charge is -2.34. The maximum atomic E-state index is 13.4. The van der Waals surface area contributed by atoms with Crippen LogP contribution in [0.3, 0.4) is 0 Å². The number of hydrogen-bond acceptors (Lipinski definition) is 2. The van der Waals surface area contributed by atoms with Gasteiger partial charge in [0, 0.05) is 0 Å². The van der Waals surface area contributed by atoms with Crippen molar-refractivity contribution in [3.63, 3.8) is 0 Å². The van der Waals surface area contributed by atoms with E-state index in [0.717, 1.165) is 16.0 Å². The van der Waals surface area contributed by atoms with Crippen LogP contribution in [0.25, 0.3) is 0 Å². The van der Waals surface area contributed by atoms with E-state index in [0.29, 0.717) is 5.69 Å². The van der Waals surface area contributed by atoms with Crippen molar-refractivity contribution >= 4 is 87.1 Å². The first-order valence-electron chi connectivity index (χ1n) is 8.63. The van der Waals surface area contributed by atoms with Gasteiger partial charge in [-0.2, -0.15) is 0 Å². The Kier molecular flexibility index (Phi) is 4.66. The third-order valence-electron chi connectivity index (χ3n) is 6.05. The van der Waals surface area contributed by atoms with E-state index in [1.165, 1.54) is 0 Å². The van der Waals surface area contributed by atoms with E-state index in [1.807, 2.05) is 39.0 Å². The Morgan fingerprint density at radius 1 is 0.929 bits per heavy atom. The van der Waals surface area contributed by atoms with Crippen molar-refractivity contribution < 1.29 is 9.59 Å². The molecule has 0 aromatic heterocycles. The van der Waals surface area contributed by atoms with Crippen LogP contribution in [0, 0.1) is 18.8 Å². The third kappa shape index (κ3) is 2.11. The van der Waals surface area contributed by atoms with E-state index in [1.54, 1.807) is 0 Å². The van der Waals surface area contributed by atoms with E-state index in [9.17, 15) is 9.59 Å². The Balaban J connectivity index is 1.90. The summed E-state index contributed by atoms with van der Waals surface area (Å²) in [5.74, 6) is -3.10. The number of halogens is 6. The molecule has 1 saturated carbocycles. The van der Waals surface area contributed by atoms with Gasteiger partial charge in [0.25, 0.3) is 0 Å². The highest BCUT2D eigenvalue weighted by atomic mass is 35.5. The molecule has 1 aliphatic heterocycles. The Bertz CT molecular complexity index is 927. The Hall–Kier alpha value is -0.160. The molecule has 3 aliphatic rings. The van der Waals surface area contributed by atoms with E-state index >= 15 is 0 Å². The van der Waals surface area contributed by atoms with Gasteiger partial charge in [-0.3, -0.25) is 9.59 Å². The van der Waals surface area contributed by atoms with Crippen LogP contribution in [0.1, 0.15) is 30.9 Å². The van der Waals surface area contributed by atoms with Crippen LogP contribution >= 0.6 is 69.6 Å². The van der Waals surface area contributed by atoms with Crippen molar-refractivity contribution in [2.45, 2.75) is 40.8 Å². The molecule has 0 radical (unpaired) electrons. The lowest BCUT2D eigenvalue weighted by Crippen LogP contribution is -2.50. The van der Waals surface area contributed by atoms with Gasteiger partial charge in [0.1, 0.15) is 9.75 Å². The molecular formula is C19H15Cl6NO2. The van der Waals surface area contributed by atoms with E-state index in [4.69, 9.17) is 69.6 Å². The summed E-state index contributed by atoms with van der Waals surface area (Å²) >= 11 is 39.1. The zero-order chi connectivity index (χ0) is 21.0. The van der Waals surface area contributed by atoms with Crippen LogP contribution in [0.5, 0.6) is 0 Å². The number of alkyl halides is 4. The number of aryl methyl sites for hydroxylation is 1. The number of rotatable bonds is 2. The Morgan fingerprint density at radius 3 is 1.82 bits per heavy atom. The number of nitrogens with zero attached hydrogens (tertiary/aromatic N) is 1. The zero-order valence-corrected chi connectivity index (χ0v) is 19.5. The van der Waals surface area contributed by atoms with Crippen LogP contribution in [0.2, 0.25) is 0 Å². The molecule has 2 amide bonds. The average Bonchev–Trinajstić information content (AvgIpc) is 3.00. The number of anilines is 1. The molecule has 4 rings (SSSR count). The minimum absolute atomic E-state index is 0.0901. The van der Waals surface area contributed by atoms with Crippen LogP contribution in [-0.4, -0.2) is 25.9 Å². The van der Waals surface area contributed by atoms with Crippen molar-refractivity contribution in [3.05, 3.63) is 39.4 Å². The Morgan fingerprint density at radius 2 is 1.39 bits per heavy atom. The van der Waals surface area contributed by atoms with Crippen LogP contribution < -0.4 is 4.90 Å². The molecule has 0 spiro atoms. The quantitative estimate of drug-likeness (QED) is 0.364. The predicted molar refractivity (Wildman–Crippen MR) is 115 cm³/mol. The molecule has 2 aliphatic carbocycles. The molecule has 1 heterocycles. The second-order valence-electron chi connectivity index (χ2n) is 7.79. The number of imide groups is 1. The first kappa shape index (κ1) is 21.1. The van der Waals surface area contributed by atoms with Gasteiger partial charge >= 0.3 is 0 Å². The summed E-state index contributed by atoms with van der Waals surface area (Å²) in [7, 11) is 0. The highest BCUT2D eigenvalue weighted by Crippen LogP contribution is 2.77.